The van der Waals surface area contributed by atoms with Gasteiger partial charge in [0.2, 0.25) is 0 Å². The zero-order valence-corrected chi connectivity index (χ0v) is 9.13. The molecule has 0 bridgehead atoms. The van der Waals surface area contributed by atoms with Crippen molar-refractivity contribution in [1.29, 1.82) is 0 Å². The second kappa shape index (κ2) is 4.01. The highest BCUT2D eigenvalue weighted by molar-refractivity contribution is 5.76. The van der Waals surface area contributed by atoms with Crippen LogP contribution in [-0.2, 0) is 0 Å². The zero-order valence-electron chi connectivity index (χ0n) is 9.13. The molecule has 2 rings (SSSR count). The lowest BCUT2D eigenvalue weighted by molar-refractivity contribution is 0.496. The molecule has 1 aliphatic rings. The number of hydrogen-bond donors (Lipinski definition) is 0. The molecule has 0 fully saturated rings. The molecule has 0 heterocycles. The van der Waals surface area contributed by atoms with Crippen molar-refractivity contribution < 1.29 is 4.39 Å². The van der Waals surface area contributed by atoms with E-state index in [9.17, 15) is 4.39 Å². The molecule has 0 saturated heterocycles. The van der Waals surface area contributed by atoms with Gasteiger partial charge in [0, 0.05) is 11.5 Å². The van der Waals surface area contributed by atoms with E-state index in [4.69, 9.17) is 0 Å². The molecule has 0 nitrogen and oxygen atoms in total. The van der Waals surface area contributed by atoms with E-state index in [1.165, 1.54) is 5.56 Å². The average Bonchev–Trinajstić information content (AvgIpc) is 2.24. The van der Waals surface area contributed by atoms with Crippen LogP contribution in [0.1, 0.15) is 24.5 Å². The van der Waals surface area contributed by atoms with Gasteiger partial charge < -0.3 is 0 Å². The minimum atomic E-state index is 0.0151. The zero-order chi connectivity index (χ0) is 10.8. The smallest absolute Gasteiger partial charge is 0.111 e. The normalized spacial score (nSPS) is 20.9. The van der Waals surface area contributed by atoms with Crippen molar-refractivity contribution >= 4 is 5.57 Å². The Labute approximate surface area is 90.1 Å². The third-order valence-electron chi connectivity index (χ3n) is 2.83. The van der Waals surface area contributed by atoms with E-state index in [1.807, 2.05) is 50.3 Å². The molecule has 78 valence electrons. The van der Waals surface area contributed by atoms with Gasteiger partial charge in [-0.05, 0) is 18.9 Å². The van der Waals surface area contributed by atoms with Crippen molar-refractivity contribution in [2.45, 2.75) is 20.3 Å². The topological polar surface area (TPSA) is 0 Å². The molecule has 0 N–H and O–H groups in total. The molecule has 1 heteroatoms. The molecule has 0 saturated carbocycles. The Hall–Kier alpha value is -1.37. The fraction of sp³-hybridized carbons (Fsp3) is 0.286. The van der Waals surface area contributed by atoms with Crippen molar-refractivity contribution in [3.8, 4) is 0 Å². The average molecular weight is 202 g/mol. The summed E-state index contributed by atoms with van der Waals surface area (Å²) in [5, 5.41) is 0. The molecule has 1 aromatic rings. The fourth-order valence-corrected chi connectivity index (χ4v) is 1.81. The molecule has 1 atom stereocenters. The van der Waals surface area contributed by atoms with Crippen LogP contribution in [0.25, 0.3) is 5.57 Å². The maximum absolute atomic E-state index is 13.9. The number of hydrogen-bond acceptors (Lipinski definition) is 0. The molecule has 1 unspecified atom stereocenters. The molecule has 15 heavy (non-hydrogen) atoms. The highest BCUT2D eigenvalue weighted by Crippen LogP contribution is 2.32. The number of allylic oxidation sites excluding steroid dienone is 4. The minimum Gasteiger partial charge on any atom is -0.211 e. The molecule has 0 radical (unpaired) electrons. The molecule has 0 amide bonds. The van der Waals surface area contributed by atoms with E-state index >= 15 is 0 Å². The fourth-order valence-electron chi connectivity index (χ4n) is 1.81. The maximum atomic E-state index is 13.9. The largest absolute Gasteiger partial charge is 0.211 e. The van der Waals surface area contributed by atoms with Crippen LogP contribution in [0.2, 0.25) is 0 Å². The van der Waals surface area contributed by atoms with Crippen LogP contribution in [0.4, 0.5) is 4.39 Å². The van der Waals surface area contributed by atoms with Crippen molar-refractivity contribution in [2.24, 2.45) is 5.92 Å². The van der Waals surface area contributed by atoms with Crippen LogP contribution in [0.15, 0.2) is 42.2 Å². The van der Waals surface area contributed by atoms with Gasteiger partial charge >= 0.3 is 0 Å². The van der Waals surface area contributed by atoms with Gasteiger partial charge in [-0.1, -0.05) is 48.9 Å². The summed E-state index contributed by atoms with van der Waals surface area (Å²) in [5.41, 5.74) is 2.92. The predicted octanol–water partition coefficient (Wildman–Crippen LogP) is 4.27. The van der Waals surface area contributed by atoms with Gasteiger partial charge in [0.1, 0.15) is 5.83 Å². The highest BCUT2D eigenvalue weighted by atomic mass is 19.1. The quantitative estimate of drug-likeness (QED) is 0.638. The first-order valence-corrected chi connectivity index (χ1v) is 5.31. The third kappa shape index (κ3) is 2.01. The van der Waals surface area contributed by atoms with E-state index in [0.29, 0.717) is 0 Å². The SMILES string of the molecule is Cc1ccc(C2=C(F)C(C)CC=C2)cc1. The van der Waals surface area contributed by atoms with Crippen LogP contribution in [0.5, 0.6) is 0 Å². The molecule has 1 aromatic carbocycles. The second-order valence-corrected chi connectivity index (χ2v) is 4.17. The maximum Gasteiger partial charge on any atom is 0.111 e. The molecule has 1 aliphatic carbocycles. The van der Waals surface area contributed by atoms with Crippen LogP contribution >= 0.6 is 0 Å². The van der Waals surface area contributed by atoms with Gasteiger partial charge in [0.05, 0.1) is 0 Å². The van der Waals surface area contributed by atoms with Gasteiger partial charge in [0.25, 0.3) is 0 Å². The summed E-state index contributed by atoms with van der Waals surface area (Å²) in [6.07, 6.45) is 4.74. The summed E-state index contributed by atoms with van der Waals surface area (Å²) >= 11 is 0. The Morgan fingerprint density at radius 3 is 2.53 bits per heavy atom. The van der Waals surface area contributed by atoms with E-state index in [0.717, 1.165) is 17.6 Å². The lowest BCUT2D eigenvalue weighted by Crippen LogP contribution is -2.01. The summed E-state index contributed by atoms with van der Waals surface area (Å²) in [6.45, 7) is 3.96. The molecular weight excluding hydrogens is 187 g/mol. The third-order valence-corrected chi connectivity index (χ3v) is 2.83. The molecular formula is C14H15F. The van der Waals surface area contributed by atoms with Gasteiger partial charge in [-0.15, -0.1) is 0 Å². The summed E-state index contributed by atoms with van der Waals surface area (Å²) in [5.74, 6) is 0.0349. The number of benzene rings is 1. The molecule has 0 spiro atoms. The lowest BCUT2D eigenvalue weighted by Gasteiger charge is -2.15. The van der Waals surface area contributed by atoms with Crippen LogP contribution < -0.4 is 0 Å². The Balaban J connectivity index is 2.42. The first kappa shape index (κ1) is 10.2. The van der Waals surface area contributed by atoms with E-state index in [2.05, 4.69) is 0 Å². The van der Waals surface area contributed by atoms with Crippen molar-refractivity contribution in [2.75, 3.05) is 0 Å². The summed E-state index contributed by atoms with van der Waals surface area (Å²) in [4.78, 5) is 0. The van der Waals surface area contributed by atoms with Gasteiger partial charge in [0.15, 0.2) is 0 Å². The van der Waals surface area contributed by atoms with Crippen molar-refractivity contribution in [3.05, 3.63) is 53.4 Å². The van der Waals surface area contributed by atoms with Gasteiger partial charge in [-0.3, -0.25) is 0 Å². The van der Waals surface area contributed by atoms with Crippen LogP contribution in [0, 0.1) is 12.8 Å². The number of halogens is 1. The second-order valence-electron chi connectivity index (χ2n) is 4.17. The summed E-state index contributed by atoms with van der Waals surface area (Å²) < 4.78 is 13.9. The Morgan fingerprint density at radius 2 is 1.87 bits per heavy atom. The Bertz CT molecular complexity index is 409. The van der Waals surface area contributed by atoms with Crippen LogP contribution in [0.3, 0.4) is 0 Å². The first-order valence-electron chi connectivity index (χ1n) is 5.31. The number of rotatable bonds is 1. The number of aryl methyl sites for hydroxylation is 1. The Morgan fingerprint density at radius 1 is 1.20 bits per heavy atom. The van der Waals surface area contributed by atoms with Gasteiger partial charge in [-0.2, -0.15) is 0 Å². The summed E-state index contributed by atoms with van der Waals surface area (Å²) in [7, 11) is 0. The lowest BCUT2D eigenvalue weighted by atomic mass is 9.92. The summed E-state index contributed by atoms with van der Waals surface area (Å²) in [6, 6.07) is 7.99. The van der Waals surface area contributed by atoms with Crippen molar-refractivity contribution in [3.63, 3.8) is 0 Å². The van der Waals surface area contributed by atoms with Gasteiger partial charge in [-0.25, -0.2) is 4.39 Å². The van der Waals surface area contributed by atoms with E-state index < -0.39 is 0 Å². The van der Waals surface area contributed by atoms with E-state index in [-0.39, 0.29) is 11.7 Å². The van der Waals surface area contributed by atoms with Crippen LogP contribution in [-0.4, -0.2) is 0 Å². The predicted molar refractivity (Wildman–Crippen MR) is 62.1 cm³/mol. The minimum absolute atomic E-state index is 0.0151. The molecule has 0 aromatic heterocycles. The first-order chi connectivity index (χ1) is 7.18. The Kier molecular flexibility index (Phi) is 2.72. The monoisotopic (exact) mass is 202 g/mol. The highest BCUT2D eigenvalue weighted by Gasteiger charge is 2.16. The standard InChI is InChI=1S/C14H15F/c1-10-6-8-12(9-7-10)13-5-3-4-11(2)14(13)15/h3,5-9,11H,4H2,1-2H3. The molecule has 0 aliphatic heterocycles. The van der Waals surface area contributed by atoms with Crippen molar-refractivity contribution in [1.82, 2.24) is 0 Å². The van der Waals surface area contributed by atoms with E-state index in [1.54, 1.807) is 0 Å².